The highest BCUT2D eigenvalue weighted by Crippen LogP contribution is 2.06. The van der Waals surface area contributed by atoms with Gasteiger partial charge in [0.1, 0.15) is 0 Å². The van der Waals surface area contributed by atoms with E-state index in [2.05, 4.69) is 15.1 Å². The van der Waals surface area contributed by atoms with Gasteiger partial charge in [0, 0.05) is 12.4 Å². The number of aromatic nitrogens is 5. The van der Waals surface area contributed by atoms with Crippen LogP contribution in [0, 0.1) is 0 Å². The van der Waals surface area contributed by atoms with Crippen molar-refractivity contribution in [3.05, 3.63) is 48.4 Å². The largest absolute Gasteiger partial charge is 0.461 e. The van der Waals surface area contributed by atoms with E-state index in [1.165, 1.54) is 0 Å². The van der Waals surface area contributed by atoms with E-state index < -0.39 is 5.97 Å². The molecule has 20 heavy (non-hydrogen) atoms. The molecule has 0 aliphatic rings. The van der Waals surface area contributed by atoms with Gasteiger partial charge in [-0.05, 0) is 19.1 Å². The minimum Gasteiger partial charge on any atom is -0.461 e. The van der Waals surface area contributed by atoms with Gasteiger partial charge >= 0.3 is 5.97 Å². The van der Waals surface area contributed by atoms with Crippen LogP contribution in [0.25, 0.3) is 5.65 Å². The number of imidazole rings is 2. The third kappa shape index (κ3) is 2.37. The molecule has 3 aromatic heterocycles. The highest BCUT2D eigenvalue weighted by atomic mass is 16.5. The lowest BCUT2D eigenvalue weighted by Gasteiger charge is -1.97. The van der Waals surface area contributed by atoms with Gasteiger partial charge in [0.2, 0.25) is 0 Å². The van der Waals surface area contributed by atoms with Crippen LogP contribution in [0.3, 0.4) is 0 Å². The van der Waals surface area contributed by atoms with Crippen molar-refractivity contribution in [3.8, 4) is 0 Å². The molecule has 0 aliphatic carbocycles. The number of carbonyl (C=O) groups excluding carboxylic acids is 1. The summed E-state index contributed by atoms with van der Waals surface area (Å²) >= 11 is 0. The maximum Gasteiger partial charge on any atom is 0.358 e. The van der Waals surface area contributed by atoms with Gasteiger partial charge in [0.05, 0.1) is 31.4 Å². The summed E-state index contributed by atoms with van der Waals surface area (Å²) < 4.78 is 8.39. The van der Waals surface area contributed by atoms with Crippen LogP contribution in [0.5, 0.6) is 0 Å². The van der Waals surface area contributed by atoms with Gasteiger partial charge in [-0.1, -0.05) is 0 Å². The van der Waals surface area contributed by atoms with Crippen molar-refractivity contribution in [2.75, 3.05) is 6.61 Å². The molecule has 0 saturated carbocycles. The standard InChI is InChI=1S/C13H13N5O2/c1-2-20-13(19)11-8-17(9-14-11)6-10-7-18-12(16-10)4-3-5-15-18/h3-5,7-9H,2,6H2,1H3. The van der Waals surface area contributed by atoms with Gasteiger partial charge in [-0.3, -0.25) is 0 Å². The number of fused-ring (bicyclic) bond motifs is 1. The molecular formula is C13H13N5O2. The number of carbonyl (C=O) groups is 1. The first-order chi connectivity index (χ1) is 9.76. The Morgan fingerprint density at radius 1 is 1.40 bits per heavy atom. The van der Waals surface area contributed by atoms with Crippen molar-refractivity contribution >= 4 is 11.6 Å². The van der Waals surface area contributed by atoms with Crippen LogP contribution >= 0.6 is 0 Å². The molecule has 0 spiro atoms. The molecule has 3 heterocycles. The molecule has 0 unspecified atom stereocenters. The Labute approximate surface area is 114 Å². The molecule has 3 aromatic rings. The Morgan fingerprint density at radius 2 is 2.30 bits per heavy atom. The molecule has 102 valence electrons. The Kier molecular flexibility index (Phi) is 3.16. The lowest BCUT2D eigenvalue weighted by Crippen LogP contribution is -2.05. The fraction of sp³-hybridized carbons (Fsp3) is 0.231. The fourth-order valence-corrected chi connectivity index (χ4v) is 1.90. The number of ether oxygens (including phenoxy) is 1. The van der Waals surface area contributed by atoms with E-state index in [4.69, 9.17) is 4.74 Å². The molecule has 3 rings (SSSR count). The van der Waals surface area contributed by atoms with Gasteiger partial charge in [-0.15, -0.1) is 0 Å². The monoisotopic (exact) mass is 271 g/mol. The molecule has 0 bridgehead atoms. The summed E-state index contributed by atoms with van der Waals surface area (Å²) in [6.45, 7) is 2.62. The Balaban J connectivity index is 1.79. The molecule has 0 radical (unpaired) electrons. The Hall–Kier alpha value is -2.70. The average molecular weight is 271 g/mol. The minimum atomic E-state index is -0.414. The van der Waals surface area contributed by atoms with Crippen LogP contribution in [0.1, 0.15) is 23.1 Å². The first-order valence-corrected chi connectivity index (χ1v) is 6.24. The SMILES string of the molecule is CCOC(=O)c1cn(Cc2cn3ncccc3n2)cn1. The van der Waals surface area contributed by atoms with Crippen molar-refractivity contribution in [3.63, 3.8) is 0 Å². The summed E-state index contributed by atoms with van der Waals surface area (Å²) in [7, 11) is 0. The fourth-order valence-electron chi connectivity index (χ4n) is 1.90. The number of hydrogen-bond donors (Lipinski definition) is 0. The van der Waals surface area contributed by atoms with E-state index in [0.29, 0.717) is 18.8 Å². The van der Waals surface area contributed by atoms with Gasteiger partial charge in [-0.2, -0.15) is 5.10 Å². The molecule has 0 saturated heterocycles. The molecular weight excluding hydrogens is 258 g/mol. The predicted octanol–water partition coefficient (Wildman–Crippen LogP) is 1.15. The molecule has 7 heteroatoms. The third-order valence-corrected chi connectivity index (χ3v) is 2.75. The summed E-state index contributed by atoms with van der Waals surface area (Å²) in [5, 5.41) is 4.16. The smallest absolute Gasteiger partial charge is 0.358 e. The first kappa shape index (κ1) is 12.3. The van der Waals surface area contributed by atoms with E-state index in [9.17, 15) is 4.79 Å². The topological polar surface area (TPSA) is 74.3 Å². The quantitative estimate of drug-likeness (QED) is 0.665. The second-order valence-electron chi connectivity index (χ2n) is 4.21. The van der Waals surface area contributed by atoms with E-state index in [1.807, 2.05) is 18.3 Å². The summed E-state index contributed by atoms with van der Waals surface area (Å²) in [4.78, 5) is 20.0. The lowest BCUT2D eigenvalue weighted by molar-refractivity contribution is 0.0520. The van der Waals surface area contributed by atoms with Gasteiger partial charge < -0.3 is 9.30 Å². The van der Waals surface area contributed by atoms with E-state index >= 15 is 0 Å². The van der Waals surface area contributed by atoms with Crippen molar-refractivity contribution < 1.29 is 9.53 Å². The molecule has 0 amide bonds. The molecule has 7 nitrogen and oxygen atoms in total. The summed E-state index contributed by atoms with van der Waals surface area (Å²) in [6.07, 6.45) is 6.78. The molecule has 0 aliphatic heterocycles. The van der Waals surface area contributed by atoms with E-state index in [1.54, 1.807) is 34.7 Å². The van der Waals surface area contributed by atoms with Crippen LogP contribution in [-0.4, -0.2) is 36.7 Å². The van der Waals surface area contributed by atoms with Crippen LogP contribution < -0.4 is 0 Å². The second kappa shape index (κ2) is 5.12. The maximum atomic E-state index is 11.5. The van der Waals surface area contributed by atoms with Gasteiger partial charge in [0.25, 0.3) is 0 Å². The van der Waals surface area contributed by atoms with Crippen LogP contribution in [0.4, 0.5) is 0 Å². The Bertz CT molecular complexity index is 713. The summed E-state index contributed by atoms with van der Waals surface area (Å²) in [5.41, 5.74) is 1.93. The van der Waals surface area contributed by atoms with E-state index in [0.717, 1.165) is 11.3 Å². The van der Waals surface area contributed by atoms with E-state index in [-0.39, 0.29) is 0 Å². The predicted molar refractivity (Wildman–Crippen MR) is 70.3 cm³/mol. The van der Waals surface area contributed by atoms with Crippen molar-refractivity contribution in [1.29, 1.82) is 0 Å². The number of esters is 1. The summed E-state index contributed by atoms with van der Waals surface area (Å²) in [5.74, 6) is -0.414. The number of nitrogens with zero attached hydrogens (tertiary/aromatic N) is 5. The first-order valence-electron chi connectivity index (χ1n) is 6.24. The maximum absolute atomic E-state index is 11.5. The highest BCUT2D eigenvalue weighted by molar-refractivity contribution is 5.86. The highest BCUT2D eigenvalue weighted by Gasteiger charge is 2.10. The molecule has 0 N–H and O–H groups in total. The van der Waals surface area contributed by atoms with Gasteiger partial charge in [0.15, 0.2) is 11.3 Å². The van der Waals surface area contributed by atoms with Crippen molar-refractivity contribution in [1.82, 2.24) is 24.1 Å². The molecule has 0 fully saturated rings. The normalized spacial score (nSPS) is 10.8. The van der Waals surface area contributed by atoms with Crippen molar-refractivity contribution in [2.45, 2.75) is 13.5 Å². The minimum absolute atomic E-state index is 0.300. The zero-order valence-electron chi connectivity index (χ0n) is 10.9. The van der Waals surface area contributed by atoms with Crippen molar-refractivity contribution in [2.24, 2.45) is 0 Å². The number of rotatable bonds is 4. The van der Waals surface area contributed by atoms with Gasteiger partial charge in [-0.25, -0.2) is 19.3 Å². The zero-order valence-corrected chi connectivity index (χ0v) is 10.9. The molecule has 0 atom stereocenters. The zero-order chi connectivity index (χ0) is 13.9. The average Bonchev–Trinajstić information content (AvgIpc) is 3.05. The van der Waals surface area contributed by atoms with Crippen LogP contribution in [0.2, 0.25) is 0 Å². The number of hydrogen-bond acceptors (Lipinski definition) is 5. The van der Waals surface area contributed by atoms with Crippen LogP contribution in [-0.2, 0) is 11.3 Å². The lowest BCUT2D eigenvalue weighted by atomic mass is 10.4. The third-order valence-electron chi connectivity index (χ3n) is 2.75. The molecule has 0 aromatic carbocycles. The van der Waals surface area contributed by atoms with Crippen LogP contribution in [0.15, 0.2) is 37.1 Å². The second-order valence-corrected chi connectivity index (χ2v) is 4.21. The summed E-state index contributed by atoms with van der Waals surface area (Å²) in [6, 6.07) is 3.72. The Morgan fingerprint density at radius 3 is 3.10 bits per heavy atom.